The van der Waals surface area contributed by atoms with E-state index in [0.717, 1.165) is 18.4 Å². The second kappa shape index (κ2) is 8.51. The molecule has 0 aliphatic heterocycles. The molecule has 2 atom stereocenters. The van der Waals surface area contributed by atoms with Crippen LogP contribution in [0.1, 0.15) is 31.4 Å². The largest absolute Gasteiger partial charge is 0.435 e. The number of terminal acetylenes is 1. The summed E-state index contributed by atoms with van der Waals surface area (Å²) in [5.74, 6) is 2.81. The number of ether oxygens (including phenoxy) is 1. The van der Waals surface area contributed by atoms with Gasteiger partial charge in [-0.1, -0.05) is 31.4 Å². The summed E-state index contributed by atoms with van der Waals surface area (Å²) in [5.41, 5.74) is 6.63. The molecule has 0 aliphatic carbocycles. The van der Waals surface area contributed by atoms with Crippen LogP contribution < -0.4 is 15.8 Å². The second-order valence-electron chi connectivity index (χ2n) is 4.41. The highest BCUT2D eigenvalue weighted by Gasteiger charge is 2.14. The minimum Gasteiger partial charge on any atom is -0.435 e. The summed E-state index contributed by atoms with van der Waals surface area (Å²) in [6, 6.07) is 6.25. The van der Waals surface area contributed by atoms with E-state index in [0.29, 0.717) is 6.54 Å². The molecule has 3 N–H and O–H groups in total. The first-order chi connectivity index (χ1) is 9.60. The molecule has 0 spiro atoms. The molecule has 0 amide bonds. The molecule has 2 unspecified atom stereocenters. The maximum atomic E-state index is 12.1. The number of alkyl halides is 2. The third-order valence-electron chi connectivity index (χ3n) is 2.92. The molecule has 0 bridgehead atoms. The van der Waals surface area contributed by atoms with E-state index in [1.165, 1.54) is 12.1 Å². The summed E-state index contributed by atoms with van der Waals surface area (Å²) in [6.45, 7) is -0.392. The Bertz CT molecular complexity index is 428. The molecule has 0 aliphatic rings. The van der Waals surface area contributed by atoms with Gasteiger partial charge < -0.3 is 10.5 Å². The molecule has 1 aromatic rings. The fraction of sp³-hybridized carbons (Fsp3) is 0.467. The highest BCUT2D eigenvalue weighted by molar-refractivity contribution is 5.29. The van der Waals surface area contributed by atoms with Gasteiger partial charge in [-0.25, -0.2) is 0 Å². The molecule has 0 saturated carbocycles. The maximum absolute atomic E-state index is 12.1. The minimum absolute atomic E-state index is 0.0504. The van der Waals surface area contributed by atoms with Crippen molar-refractivity contribution in [2.45, 2.75) is 38.5 Å². The molecule has 1 aromatic carbocycles. The summed E-state index contributed by atoms with van der Waals surface area (Å²) in [4.78, 5) is 0. The van der Waals surface area contributed by atoms with Gasteiger partial charge in [-0.3, -0.25) is 5.32 Å². The standard InChI is InChI=1S/C15H20F2N2O/c1-3-5-12(4-2)19-14(10-18)11-6-8-13(9-7-11)20-15(16)17/h2,6-9,12,14-15,19H,3,5,10,18H2,1H3. The van der Waals surface area contributed by atoms with Crippen LogP contribution in [0.5, 0.6) is 5.75 Å². The minimum atomic E-state index is -2.82. The third kappa shape index (κ3) is 5.16. The highest BCUT2D eigenvalue weighted by Crippen LogP contribution is 2.19. The summed E-state index contributed by atoms with van der Waals surface area (Å²) < 4.78 is 28.4. The molecule has 1 rings (SSSR count). The van der Waals surface area contributed by atoms with Gasteiger partial charge >= 0.3 is 6.61 Å². The van der Waals surface area contributed by atoms with Crippen LogP contribution in [0.3, 0.4) is 0 Å². The van der Waals surface area contributed by atoms with Gasteiger partial charge in [0.2, 0.25) is 0 Å². The van der Waals surface area contributed by atoms with Crippen molar-refractivity contribution < 1.29 is 13.5 Å². The van der Waals surface area contributed by atoms with Gasteiger partial charge in [-0.15, -0.1) is 6.42 Å². The molecule has 110 valence electrons. The molecule has 0 aromatic heterocycles. The van der Waals surface area contributed by atoms with Crippen molar-refractivity contribution in [2.75, 3.05) is 6.54 Å². The van der Waals surface area contributed by atoms with Crippen LogP contribution in [0.2, 0.25) is 0 Å². The average molecular weight is 282 g/mol. The summed E-state index contributed by atoms with van der Waals surface area (Å²) in [7, 11) is 0. The molecule has 20 heavy (non-hydrogen) atoms. The Kier molecular flexibility index (Phi) is 6.99. The first-order valence-corrected chi connectivity index (χ1v) is 6.57. The number of nitrogens with two attached hydrogens (primary N) is 1. The molecule has 0 fully saturated rings. The zero-order chi connectivity index (χ0) is 15.0. The van der Waals surface area contributed by atoms with Crippen molar-refractivity contribution in [1.82, 2.24) is 5.32 Å². The Morgan fingerprint density at radius 3 is 2.45 bits per heavy atom. The van der Waals surface area contributed by atoms with Crippen molar-refractivity contribution >= 4 is 0 Å². The van der Waals surface area contributed by atoms with Crippen molar-refractivity contribution in [1.29, 1.82) is 0 Å². The van der Waals surface area contributed by atoms with Crippen LogP contribution in [0, 0.1) is 12.3 Å². The smallest absolute Gasteiger partial charge is 0.387 e. The van der Waals surface area contributed by atoms with Crippen LogP contribution in [0.25, 0.3) is 0 Å². The molecule has 0 radical (unpaired) electrons. The van der Waals surface area contributed by atoms with E-state index >= 15 is 0 Å². The van der Waals surface area contributed by atoms with E-state index in [-0.39, 0.29) is 17.8 Å². The van der Waals surface area contributed by atoms with E-state index in [2.05, 4.69) is 22.9 Å². The van der Waals surface area contributed by atoms with Gasteiger partial charge in [-0.05, 0) is 24.1 Å². The first-order valence-electron chi connectivity index (χ1n) is 6.57. The lowest BCUT2D eigenvalue weighted by Crippen LogP contribution is -2.35. The summed E-state index contributed by atoms with van der Waals surface area (Å²) in [6.07, 6.45) is 7.30. The Morgan fingerprint density at radius 2 is 2.00 bits per heavy atom. The topological polar surface area (TPSA) is 47.3 Å². The van der Waals surface area contributed by atoms with E-state index < -0.39 is 6.61 Å². The van der Waals surface area contributed by atoms with Crippen LogP contribution >= 0.6 is 0 Å². The van der Waals surface area contributed by atoms with Gasteiger partial charge in [0, 0.05) is 12.6 Å². The van der Waals surface area contributed by atoms with Gasteiger partial charge in [0.15, 0.2) is 0 Å². The lowest BCUT2D eigenvalue weighted by molar-refractivity contribution is -0.0498. The highest BCUT2D eigenvalue weighted by atomic mass is 19.3. The van der Waals surface area contributed by atoms with Gasteiger partial charge in [0.25, 0.3) is 0 Å². The summed E-state index contributed by atoms with van der Waals surface area (Å²) in [5, 5.41) is 3.28. The van der Waals surface area contributed by atoms with Gasteiger partial charge in [0.1, 0.15) is 5.75 Å². The van der Waals surface area contributed by atoms with E-state index in [4.69, 9.17) is 12.2 Å². The number of hydrogen-bond acceptors (Lipinski definition) is 3. The van der Waals surface area contributed by atoms with Crippen LogP contribution in [-0.4, -0.2) is 19.2 Å². The molecule has 0 saturated heterocycles. The number of hydrogen-bond donors (Lipinski definition) is 2. The van der Waals surface area contributed by atoms with Gasteiger partial charge in [-0.2, -0.15) is 8.78 Å². The van der Waals surface area contributed by atoms with Crippen LogP contribution in [-0.2, 0) is 0 Å². The van der Waals surface area contributed by atoms with Crippen molar-refractivity contribution in [3.63, 3.8) is 0 Å². The fourth-order valence-electron chi connectivity index (χ4n) is 1.93. The van der Waals surface area contributed by atoms with Crippen LogP contribution in [0.4, 0.5) is 8.78 Å². The Morgan fingerprint density at radius 1 is 1.35 bits per heavy atom. The van der Waals surface area contributed by atoms with Crippen LogP contribution in [0.15, 0.2) is 24.3 Å². The fourth-order valence-corrected chi connectivity index (χ4v) is 1.93. The number of nitrogens with one attached hydrogen (secondary N) is 1. The second-order valence-corrected chi connectivity index (χ2v) is 4.41. The zero-order valence-corrected chi connectivity index (χ0v) is 11.5. The maximum Gasteiger partial charge on any atom is 0.387 e. The number of benzene rings is 1. The number of rotatable bonds is 8. The first kappa shape index (κ1) is 16.4. The Balaban J connectivity index is 2.72. The quantitative estimate of drug-likeness (QED) is 0.721. The molecular formula is C15H20F2N2O. The van der Waals surface area contributed by atoms with E-state index in [1.54, 1.807) is 12.1 Å². The SMILES string of the molecule is C#CC(CCC)NC(CN)c1ccc(OC(F)F)cc1. The summed E-state index contributed by atoms with van der Waals surface area (Å²) >= 11 is 0. The van der Waals surface area contributed by atoms with E-state index in [9.17, 15) is 8.78 Å². The monoisotopic (exact) mass is 282 g/mol. The average Bonchev–Trinajstić information content (AvgIpc) is 2.44. The number of halogens is 2. The molecular weight excluding hydrogens is 262 g/mol. The Labute approximate surface area is 118 Å². The van der Waals surface area contributed by atoms with Gasteiger partial charge in [0.05, 0.1) is 6.04 Å². The molecule has 5 heteroatoms. The van der Waals surface area contributed by atoms with Crippen molar-refractivity contribution in [3.8, 4) is 18.1 Å². The Hall–Kier alpha value is -1.64. The predicted molar refractivity (Wildman–Crippen MR) is 75.5 cm³/mol. The lowest BCUT2D eigenvalue weighted by Gasteiger charge is -2.22. The third-order valence-corrected chi connectivity index (χ3v) is 2.92. The lowest BCUT2D eigenvalue weighted by atomic mass is 10.0. The van der Waals surface area contributed by atoms with Crippen molar-refractivity contribution in [2.24, 2.45) is 5.73 Å². The molecule has 3 nitrogen and oxygen atoms in total. The zero-order valence-electron chi connectivity index (χ0n) is 11.5. The van der Waals surface area contributed by atoms with E-state index in [1.807, 2.05) is 0 Å². The predicted octanol–water partition coefficient (Wildman–Crippen LogP) is 2.68. The molecule has 0 heterocycles. The normalized spacial score (nSPS) is 13.8. The van der Waals surface area contributed by atoms with Crippen molar-refractivity contribution in [3.05, 3.63) is 29.8 Å².